The summed E-state index contributed by atoms with van der Waals surface area (Å²) in [5.41, 5.74) is 1.70. The van der Waals surface area contributed by atoms with Gasteiger partial charge in [0.2, 0.25) is 11.8 Å². The van der Waals surface area contributed by atoms with Crippen molar-refractivity contribution in [1.82, 2.24) is 20.1 Å². The standard InChI is InChI=1S/C23H33N5O3/c1-23(2,3)25-20(29)15-27-9-11-28(12-10-27)22(31)16-26(4)21(30)13-17-14-24-19-8-6-5-7-18(17)19/h5-8,14,24H,9-13,15-16H2,1-4H3,(H,25,29)/p+1. The second kappa shape index (κ2) is 9.51. The highest BCUT2D eigenvalue weighted by atomic mass is 16.2. The number of carbonyl (C=O) groups is 3. The lowest BCUT2D eigenvalue weighted by Gasteiger charge is -2.33. The van der Waals surface area contributed by atoms with Crippen LogP contribution in [0.25, 0.3) is 10.9 Å². The number of benzene rings is 1. The largest absolute Gasteiger partial charge is 0.361 e. The van der Waals surface area contributed by atoms with Crippen LogP contribution in [0, 0.1) is 0 Å². The maximum absolute atomic E-state index is 12.7. The molecule has 1 fully saturated rings. The van der Waals surface area contributed by atoms with Crippen LogP contribution in [0.4, 0.5) is 0 Å². The normalized spacial score (nSPS) is 15.2. The summed E-state index contributed by atoms with van der Waals surface area (Å²) in [4.78, 5) is 45.1. The summed E-state index contributed by atoms with van der Waals surface area (Å²) in [5, 5.41) is 4.01. The van der Waals surface area contributed by atoms with E-state index in [0.29, 0.717) is 19.6 Å². The molecule has 3 amide bonds. The second-order valence-electron chi connectivity index (χ2n) is 9.39. The van der Waals surface area contributed by atoms with E-state index in [9.17, 15) is 14.4 Å². The molecule has 8 heteroatoms. The van der Waals surface area contributed by atoms with Crippen molar-refractivity contribution in [2.75, 3.05) is 46.3 Å². The van der Waals surface area contributed by atoms with Crippen molar-refractivity contribution in [3.05, 3.63) is 36.0 Å². The third kappa shape index (κ3) is 6.30. The predicted octanol–water partition coefficient (Wildman–Crippen LogP) is -0.189. The molecule has 0 saturated carbocycles. The molecule has 0 spiro atoms. The second-order valence-corrected chi connectivity index (χ2v) is 9.39. The van der Waals surface area contributed by atoms with Crippen LogP contribution in [0.15, 0.2) is 30.5 Å². The first-order valence-corrected chi connectivity index (χ1v) is 10.8. The summed E-state index contributed by atoms with van der Waals surface area (Å²) in [7, 11) is 1.67. The first-order valence-electron chi connectivity index (χ1n) is 10.8. The van der Waals surface area contributed by atoms with Crippen LogP contribution < -0.4 is 10.2 Å². The Balaban J connectivity index is 1.45. The molecule has 1 aliphatic heterocycles. The van der Waals surface area contributed by atoms with Crippen LogP contribution in [-0.4, -0.2) is 84.4 Å². The van der Waals surface area contributed by atoms with Gasteiger partial charge in [0, 0.05) is 29.7 Å². The number of likely N-dealkylation sites (N-methyl/N-ethyl adjacent to an activating group) is 1. The number of hydrogen-bond acceptors (Lipinski definition) is 3. The summed E-state index contributed by atoms with van der Waals surface area (Å²) in [5.74, 6) is -0.0981. The smallest absolute Gasteiger partial charge is 0.275 e. The lowest BCUT2D eigenvalue weighted by molar-refractivity contribution is -0.896. The third-order valence-electron chi connectivity index (χ3n) is 5.56. The third-order valence-corrected chi connectivity index (χ3v) is 5.56. The van der Waals surface area contributed by atoms with E-state index in [-0.39, 0.29) is 36.2 Å². The van der Waals surface area contributed by atoms with E-state index in [1.807, 2.05) is 51.2 Å². The fraction of sp³-hybridized carbons (Fsp3) is 0.522. The molecule has 0 bridgehead atoms. The van der Waals surface area contributed by atoms with Gasteiger partial charge >= 0.3 is 0 Å². The molecule has 0 atom stereocenters. The van der Waals surface area contributed by atoms with E-state index >= 15 is 0 Å². The van der Waals surface area contributed by atoms with Gasteiger partial charge in [-0.05, 0) is 32.4 Å². The van der Waals surface area contributed by atoms with Crippen molar-refractivity contribution < 1.29 is 19.3 Å². The van der Waals surface area contributed by atoms with Crippen molar-refractivity contribution in [1.29, 1.82) is 0 Å². The number of quaternary nitrogens is 1. The number of nitrogens with zero attached hydrogens (tertiary/aromatic N) is 2. The molecule has 0 unspecified atom stereocenters. The van der Waals surface area contributed by atoms with Crippen LogP contribution >= 0.6 is 0 Å². The van der Waals surface area contributed by atoms with Crippen LogP contribution in [0.1, 0.15) is 26.3 Å². The molecule has 1 aromatic carbocycles. The zero-order chi connectivity index (χ0) is 22.6. The molecule has 1 saturated heterocycles. The first kappa shape index (κ1) is 22.8. The van der Waals surface area contributed by atoms with Crippen molar-refractivity contribution in [2.24, 2.45) is 0 Å². The SMILES string of the molecule is CN(CC(=O)N1CC[NH+](CC(=O)NC(C)(C)C)CC1)C(=O)Cc1c[nH]c2ccccc12. The van der Waals surface area contributed by atoms with E-state index in [1.54, 1.807) is 11.9 Å². The molecule has 1 aliphatic rings. The van der Waals surface area contributed by atoms with E-state index in [2.05, 4.69) is 10.3 Å². The molecule has 2 heterocycles. The number of piperazine rings is 1. The first-order chi connectivity index (χ1) is 14.6. The van der Waals surface area contributed by atoms with Gasteiger partial charge in [0.1, 0.15) is 0 Å². The highest BCUT2D eigenvalue weighted by molar-refractivity contribution is 5.90. The molecular formula is C23H34N5O3+. The van der Waals surface area contributed by atoms with Crippen LogP contribution in [0.2, 0.25) is 0 Å². The molecule has 0 radical (unpaired) electrons. The Morgan fingerprint density at radius 1 is 1.16 bits per heavy atom. The number of aromatic amines is 1. The van der Waals surface area contributed by atoms with Crippen molar-refractivity contribution >= 4 is 28.6 Å². The minimum Gasteiger partial charge on any atom is -0.361 e. The Labute approximate surface area is 183 Å². The number of nitrogens with one attached hydrogen (secondary N) is 3. The lowest BCUT2D eigenvalue weighted by atomic mass is 10.1. The predicted molar refractivity (Wildman–Crippen MR) is 120 cm³/mol. The molecular weight excluding hydrogens is 394 g/mol. The Hall–Kier alpha value is -2.87. The van der Waals surface area contributed by atoms with Gasteiger partial charge in [-0.2, -0.15) is 0 Å². The molecule has 1 aromatic heterocycles. The van der Waals surface area contributed by atoms with Crippen LogP contribution in [-0.2, 0) is 20.8 Å². The highest BCUT2D eigenvalue weighted by Crippen LogP contribution is 2.18. The van der Waals surface area contributed by atoms with Gasteiger partial charge in [-0.3, -0.25) is 14.4 Å². The number of fused-ring (bicyclic) bond motifs is 1. The number of aromatic nitrogens is 1. The molecule has 8 nitrogen and oxygen atoms in total. The number of H-pyrrole nitrogens is 1. The molecule has 3 N–H and O–H groups in total. The molecule has 2 aromatic rings. The zero-order valence-corrected chi connectivity index (χ0v) is 19.0. The van der Waals surface area contributed by atoms with Crippen molar-refractivity contribution in [3.8, 4) is 0 Å². The highest BCUT2D eigenvalue weighted by Gasteiger charge is 2.27. The van der Waals surface area contributed by atoms with Crippen LogP contribution in [0.3, 0.4) is 0 Å². The van der Waals surface area contributed by atoms with Gasteiger partial charge in [0.25, 0.3) is 5.91 Å². The number of rotatable bonds is 6. The van der Waals surface area contributed by atoms with E-state index in [4.69, 9.17) is 0 Å². The zero-order valence-electron chi connectivity index (χ0n) is 19.0. The van der Waals surface area contributed by atoms with Gasteiger partial charge in [-0.1, -0.05) is 18.2 Å². The quantitative estimate of drug-likeness (QED) is 0.596. The Morgan fingerprint density at radius 3 is 2.52 bits per heavy atom. The van der Waals surface area contributed by atoms with E-state index < -0.39 is 0 Å². The number of amides is 3. The van der Waals surface area contributed by atoms with Gasteiger partial charge in [-0.15, -0.1) is 0 Å². The Kier molecular flexibility index (Phi) is 7.00. The number of hydrogen-bond donors (Lipinski definition) is 3. The van der Waals surface area contributed by atoms with Crippen molar-refractivity contribution in [2.45, 2.75) is 32.7 Å². The van der Waals surface area contributed by atoms with E-state index in [0.717, 1.165) is 29.6 Å². The molecule has 0 aliphatic carbocycles. The average molecular weight is 429 g/mol. The molecule has 31 heavy (non-hydrogen) atoms. The summed E-state index contributed by atoms with van der Waals surface area (Å²) in [6.45, 7) is 9.05. The van der Waals surface area contributed by atoms with Gasteiger partial charge in [-0.25, -0.2) is 0 Å². The summed E-state index contributed by atoms with van der Waals surface area (Å²) in [6.07, 6.45) is 2.12. The van der Waals surface area contributed by atoms with Gasteiger partial charge in [0.05, 0.1) is 39.1 Å². The van der Waals surface area contributed by atoms with Crippen LogP contribution in [0.5, 0.6) is 0 Å². The average Bonchev–Trinajstić information content (AvgIpc) is 3.10. The van der Waals surface area contributed by atoms with Gasteiger partial charge in [0.15, 0.2) is 6.54 Å². The Bertz CT molecular complexity index is 938. The number of para-hydroxylation sites is 1. The minimum absolute atomic E-state index is 0.0323. The fourth-order valence-electron chi connectivity index (χ4n) is 3.91. The monoisotopic (exact) mass is 428 g/mol. The molecule has 168 valence electrons. The van der Waals surface area contributed by atoms with E-state index in [1.165, 1.54) is 9.80 Å². The fourth-order valence-corrected chi connectivity index (χ4v) is 3.91. The topological polar surface area (TPSA) is 89.9 Å². The van der Waals surface area contributed by atoms with Gasteiger partial charge < -0.3 is 25.0 Å². The summed E-state index contributed by atoms with van der Waals surface area (Å²) in [6, 6.07) is 7.87. The summed E-state index contributed by atoms with van der Waals surface area (Å²) < 4.78 is 0. The maximum atomic E-state index is 12.7. The Morgan fingerprint density at radius 2 is 1.84 bits per heavy atom. The molecule has 3 rings (SSSR count). The number of carbonyl (C=O) groups excluding carboxylic acids is 3. The maximum Gasteiger partial charge on any atom is 0.275 e. The van der Waals surface area contributed by atoms with Crippen molar-refractivity contribution in [3.63, 3.8) is 0 Å². The minimum atomic E-state index is -0.238. The summed E-state index contributed by atoms with van der Waals surface area (Å²) >= 11 is 0. The lowest BCUT2D eigenvalue weighted by Crippen LogP contribution is -3.16.